The zero-order valence-corrected chi connectivity index (χ0v) is 9.58. The van der Waals surface area contributed by atoms with Crippen molar-refractivity contribution in [2.45, 2.75) is 18.9 Å². The van der Waals surface area contributed by atoms with Gasteiger partial charge < -0.3 is 5.32 Å². The Morgan fingerprint density at radius 1 is 1.27 bits per heavy atom. The van der Waals surface area contributed by atoms with Gasteiger partial charge in [0.15, 0.2) is 5.78 Å². The van der Waals surface area contributed by atoms with Gasteiger partial charge in [-0.15, -0.1) is 0 Å². The fraction of sp³-hybridized carbons (Fsp3) is 0.273. The van der Waals surface area contributed by atoms with Gasteiger partial charge in [-0.2, -0.15) is 0 Å². The summed E-state index contributed by atoms with van der Waals surface area (Å²) in [6.07, 6.45) is 0.645. The van der Waals surface area contributed by atoms with Crippen LogP contribution in [0.4, 0.5) is 0 Å². The average molecular weight is 268 g/mol. The van der Waals surface area contributed by atoms with Gasteiger partial charge in [0.1, 0.15) is 6.04 Å². The predicted octanol–water partition coefficient (Wildman–Crippen LogP) is 1.97. The van der Waals surface area contributed by atoms with E-state index in [1.54, 1.807) is 0 Å². The second kappa shape index (κ2) is 4.14. The van der Waals surface area contributed by atoms with Crippen molar-refractivity contribution in [3.8, 4) is 0 Å². The van der Waals surface area contributed by atoms with E-state index < -0.39 is 6.04 Å². The molecule has 1 aliphatic heterocycles. The van der Waals surface area contributed by atoms with E-state index in [1.807, 2.05) is 24.3 Å². The maximum Gasteiger partial charge on any atom is 0.221 e. The van der Waals surface area contributed by atoms with E-state index >= 15 is 0 Å². The molecular weight excluding hydrogens is 258 g/mol. The SMILES string of the molecule is O=C1CCC(=O)C(c2cccc(Br)c2)N1. The van der Waals surface area contributed by atoms with Gasteiger partial charge in [-0.05, 0) is 17.7 Å². The van der Waals surface area contributed by atoms with Crippen LogP contribution >= 0.6 is 15.9 Å². The molecule has 15 heavy (non-hydrogen) atoms. The lowest BCUT2D eigenvalue weighted by molar-refractivity contribution is -0.132. The van der Waals surface area contributed by atoms with Crippen molar-refractivity contribution in [3.05, 3.63) is 34.3 Å². The Morgan fingerprint density at radius 3 is 2.80 bits per heavy atom. The van der Waals surface area contributed by atoms with E-state index in [1.165, 1.54) is 0 Å². The number of nitrogens with one attached hydrogen (secondary N) is 1. The van der Waals surface area contributed by atoms with Gasteiger partial charge in [0.2, 0.25) is 5.91 Å². The Balaban J connectivity index is 2.28. The second-order valence-corrected chi connectivity index (χ2v) is 4.44. The summed E-state index contributed by atoms with van der Waals surface area (Å²) >= 11 is 3.34. The van der Waals surface area contributed by atoms with Crippen LogP contribution in [0.2, 0.25) is 0 Å². The van der Waals surface area contributed by atoms with Crippen molar-refractivity contribution in [3.63, 3.8) is 0 Å². The summed E-state index contributed by atoms with van der Waals surface area (Å²) in [4.78, 5) is 22.8. The number of amides is 1. The first-order valence-corrected chi connectivity index (χ1v) is 5.53. The van der Waals surface area contributed by atoms with E-state index in [9.17, 15) is 9.59 Å². The van der Waals surface area contributed by atoms with Crippen molar-refractivity contribution in [2.24, 2.45) is 0 Å². The molecule has 1 saturated heterocycles. The molecule has 4 heteroatoms. The van der Waals surface area contributed by atoms with E-state index in [4.69, 9.17) is 0 Å². The van der Waals surface area contributed by atoms with Gasteiger partial charge in [0, 0.05) is 17.3 Å². The van der Waals surface area contributed by atoms with Crippen LogP contribution in [0.5, 0.6) is 0 Å². The van der Waals surface area contributed by atoms with Gasteiger partial charge in [-0.25, -0.2) is 0 Å². The molecule has 1 atom stereocenters. The normalized spacial score (nSPS) is 21.3. The Bertz CT molecular complexity index is 417. The van der Waals surface area contributed by atoms with Gasteiger partial charge in [0.05, 0.1) is 0 Å². The minimum Gasteiger partial charge on any atom is -0.342 e. The Labute approximate surface area is 96.0 Å². The van der Waals surface area contributed by atoms with Crippen LogP contribution in [0.15, 0.2) is 28.7 Å². The van der Waals surface area contributed by atoms with E-state index in [-0.39, 0.29) is 11.7 Å². The molecule has 0 aliphatic carbocycles. The number of hydrogen-bond acceptors (Lipinski definition) is 2. The number of benzene rings is 1. The van der Waals surface area contributed by atoms with Crippen LogP contribution < -0.4 is 5.32 Å². The van der Waals surface area contributed by atoms with Crippen molar-refractivity contribution in [2.75, 3.05) is 0 Å². The molecule has 1 unspecified atom stereocenters. The number of halogens is 1. The highest BCUT2D eigenvalue weighted by atomic mass is 79.9. The Morgan fingerprint density at radius 2 is 2.07 bits per heavy atom. The number of hydrogen-bond donors (Lipinski definition) is 1. The summed E-state index contributed by atoms with van der Waals surface area (Å²) in [5.41, 5.74) is 0.836. The number of carbonyl (C=O) groups is 2. The van der Waals surface area contributed by atoms with Gasteiger partial charge >= 0.3 is 0 Å². The second-order valence-electron chi connectivity index (χ2n) is 3.52. The summed E-state index contributed by atoms with van der Waals surface area (Å²) in [5.74, 6) is 0.0206. The Hall–Kier alpha value is -1.16. The summed E-state index contributed by atoms with van der Waals surface area (Å²) in [5, 5.41) is 2.70. The summed E-state index contributed by atoms with van der Waals surface area (Å²) < 4.78 is 0.910. The fourth-order valence-electron chi connectivity index (χ4n) is 1.65. The molecule has 3 nitrogen and oxygen atoms in total. The molecule has 0 saturated carbocycles. The Kier molecular flexibility index (Phi) is 2.86. The topological polar surface area (TPSA) is 46.2 Å². The van der Waals surface area contributed by atoms with E-state index in [0.29, 0.717) is 12.8 Å². The first-order chi connectivity index (χ1) is 7.16. The molecule has 2 rings (SSSR count). The lowest BCUT2D eigenvalue weighted by Gasteiger charge is -2.22. The van der Waals surface area contributed by atoms with Crippen molar-refractivity contribution < 1.29 is 9.59 Å². The predicted molar refractivity (Wildman–Crippen MR) is 59.3 cm³/mol. The third-order valence-corrected chi connectivity index (χ3v) is 2.90. The first kappa shape index (κ1) is 10.4. The number of Topliss-reactive ketones (excluding diaryl/α,β-unsaturated/α-hetero) is 1. The molecule has 1 amide bonds. The zero-order valence-electron chi connectivity index (χ0n) is 8.00. The largest absolute Gasteiger partial charge is 0.342 e. The third kappa shape index (κ3) is 2.26. The zero-order chi connectivity index (χ0) is 10.8. The monoisotopic (exact) mass is 267 g/mol. The quantitative estimate of drug-likeness (QED) is 0.846. The number of carbonyl (C=O) groups excluding carboxylic acids is 2. The maximum atomic E-state index is 11.6. The van der Waals surface area contributed by atoms with Crippen molar-refractivity contribution in [1.29, 1.82) is 0 Å². The molecule has 1 N–H and O–H groups in total. The van der Waals surface area contributed by atoms with Crippen LogP contribution in [0.25, 0.3) is 0 Å². The van der Waals surface area contributed by atoms with Crippen molar-refractivity contribution in [1.82, 2.24) is 5.32 Å². The molecule has 1 aliphatic rings. The molecule has 1 aromatic carbocycles. The summed E-state index contributed by atoms with van der Waals surface area (Å²) in [7, 11) is 0. The van der Waals surface area contributed by atoms with Crippen molar-refractivity contribution >= 4 is 27.6 Å². The highest BCUT2D eigenvalue weighted by molar-refractivity contribution is 9.10. The van der Waals surface area contributed by atoms with E-state index in [0.717, 1.165) is 10.0 Å². The minimum atomic E-state index is -0.469. The number of rotatable bonds is 1. The van der Waals surface area contributed by atoms with Gasteiger partial charge in [0.25, 0.3) is 0 Å². The molecule has 1 fully saturated rings. The lowest BCUT2D eigenvalue weighted by Crippen LogP contribution is -2.38. The molecule has 0 bridgehead atoms. The minimum absolute atomic E-state index is 0.0559. The standard InChI is InChI=1S/C11H10BrNO2/c12-8-3-1-2-7(6-8)11-9(14)4-5-10(15)13-11/h1-3,6,11H,4-5H2,(H,13,15). The summed E-state index contributed by atoms with van der Waals surface area (Å²) in [6.45, 7) is 0. The van der Waals surface area contributed by atoms with Crippen LogP contribution in [0, 0.1) is 0 Å². The van der Waals surface area contributed by atoms with Gasteiger partial charge in [-0.1, -0.05) is 28.1 Å². The molecule has 78 valence electrons. The number of ketones is 1. The summed E-state index contributed by atoms with van der Waals surface area (Å²) in [6, 6.07) is 6.97. The lowest BCUT2D eigenvalue weighted by atomic mass is 9.96. The first-order valence-electron chi connectivity index (χ1n) is 4.74. The molecule has 1 heterocycles. The smallest absolute Gasteiger partial charge is 0.221 e. The molecular formula is C11H10BrNO2. The van der Waals surface area contributed by atoms with Crippen LogP contribution in [0.3, 0.4) is 0 Å². The van der Waals surface area contributed by atoms with Gasteiger partial charge in [-0.3, -0.25) is 9.59 Å². The molecule has 0 radical (unpaired) electrons. The molecule has 1 aromatic rings. The fourth-order valence-corrected chi connectivity index (χ4v) is 2.07. The maximum absolute atomic E-state index is 11.6. The average Bonchev–Trinajstić information content (AvgIpc) is 2.22. The molecule has 0 aromatic heterocycles. The van der Waals surface area contributed by atoms with Crippen LogP contribution in [-0.4, -0.2) is 11.7 Å². The van der Waals surface area contributed by atoms with Crippen LogP contribution in [0.1, 0.15) is 24.4 Å². The van der Waals surface area contributed by atoms with E-state index in [2.05, 4.69) is 21.2 Å². The van der Waals surface area contributed by atoms with Crippen LogP contribution in [-0.2, 0) is 9.59 Å². The number of piperidine rings is 1. The molecule has 0 spiro atoms. The third-order valence-electron chi connectivity index (χ3n) is 2.41. The highest BCUT2D eigenvalue weighted by Crippen LogP contribution is 2.22. The highest BCUT2D eigenvalue weighted by Gasteiger charge is 2.27.